The Morgan fingerprint density at radius 2 is 2.28 bits per heavy atom. The van der Waals surface area contributed by atoms with Crippen LogP contribution in [0.15, 0.2) is 22.9 Å². The molecule has 1 aliphatic heterocycles. The molecule has 1 aliphatic rings. The van der Waals surface area contributed by atoms with Crippen LogP contribution < -0.4 is 0 Å². The number of rotatable bonds is 2. The molecule has 1 unspecified atom stereocenters. The molecule has 1 saturated heterocycles. The van der Waals surface area contributed by atoms with E-state index < -0.39 is 0 Å². The van der Waals surface area contributed by atoms with E-state index in [-0.39, 0.29) is 5.91 Å². The average Bonchev–Trinajstić information content (AvgIpc) is 2.64. The molecule has 0 N–H and O–H groups in total. The molecule has 2 rings (SSSR count). The number of halogens is 1. The summed E-state index contributed by atoms with van der Waals surface area (Å²) in [7, 11) is 0. The Bertz CT molecular complexity index is 405. The average molecular weight is 311 g/mol. The molecule has 0 radical (unpaired) electrons. The maximum Gasteiger partial charge on any atom is 0.255 e. The van der Waals surface area contributed by atoms with Gasteiger partial charge in [-0.3, -0.25) is 4.79 Å². The van der Waals surface area contributed by atoms with Crippen molar-refractivity contribution in [1.29, 1.82) is 0 Å². The third-order valence-electron chi connectivity index (χ3n) is 3.69. The third kappa shape index (κ3) is 3.31. The van der Waals surface area contributed by atoms with Gasteiger partial charge in [-0.15, -0.1) is 0 Å². The summed E-state index contributed by atoms with van der Waals surface area (Å²) in [5.41, 5.74) is 0.688. The summed E-state index contributed by atoms with van der Waals surface area (Å²) in [4.78, 5) is 18.4. The van der Waals surface area contributed by atoms with Crippen molar-refractivity contribution in [2.75, 3.05) is 13.1 Å². The second kappa shape index (κ2) is 6.32. The van der Waals surface area contributed by atoms with Gasteiger partial charge in [0.2, 0.25) is 0 Å². The van der Waals surface area contributed by atoms with E-state index >= 15 is 0 Å². The van der Waals surface area contributed by atoms with Crippen molar-refractivity contribution in [1.82, 2.24) is 9.88 Å². The predicted octanol–water partition coefficient (Wildman–Crippen LogP) is 3.50. The Labute approximate surface area is 117 Å². The van der Waals surface area contributed by atoms with Gasteiger partial charge < -0.3 is 4.90 Å². The van der Waals surface area contributed by atoms with Gasteiger partial charge in [-0.1, -0.05) is 13.3 Å². The van der Waals surface area contributed by atoms with Gasteiger partial charge in [-0.05, 0) is 53.2 Å². The van der Waals surface area contributed by atoms with E-state index in [9.17, 15) is 4.79 Å². The lowest BCUT2D eigenvalue weighted by atomic mass is 9.98. The molecule has 0 spiro atoms. The van der Waals surface area contributed by atoms with Crippen LogP contribution in [0.25, 0.3) is 0 Å². The van der Waals surface area contributed by atoms with Crippen molar-refractivity contribution in [3.8, 4) is 0 Å². The molecule has 98 valence electrons. The highest BCUT2D eigenvalue weighted by Gasteiger charge is 2.20. The van der Waals surface area contributed by atoms with E-state index in [1.165, 1.54) is 12.8 Å². The highest BCUT2D eigenvalue weighted by molar-refractivity contribution is 9.10. The minimum atomic E-state index is 0.117. The van der Waals surface area contributed by atoms with Crippen LogP contribution in [0.1, 0.15) is 43.0 Å². The summed E-state index contributed by atoms with van der Waals surface area (Å²) < 4.78 is 0.765. The number of hydrogen-bond acceptors (Lipinski definition) is 2. The molecule has 18 heavy (non-hydrogen) atoms. The van der Waals surface area contributed by atoms with Gasteiger partial charge in [0.1, 0.15) is 4.60 Å². The zero-order chi connectivity index (χ0) is 13.0. The number of carbonyl (C=O) groups is 1. The maximum absolute atomic E-state index is 12.3. The number of hydrogen-bond donors (Lipinski definition) is 0. The lowest BCUT2D eigenvalue weighted by Gasteiger charge is -2.20. The van der Waals surface area contributed by atoms with Crippen molar-refractivity contribution >= 4 is 21.8 Å². The van der Waals surface area contributed by atoms with Gasteiger partial charge in [-0.25, -0.2) is 4.98 Å². The first-order valence-electron chi connectivity index (χ1n) is 6.61. The standard InChI is InChI=1S/C14H19BrN2O/c1-2-11-4-3-8-17(9-7-11)14(18)12-5-6-13(15)16-10-12/h5-6,10-11H,2-4,7-9H2,1H3. The van der Waals surface area contributed by atoms with Gasteiger partial charge in [-0.2, -0.15) is 0 Å². The quantitative estimate of drug-likeness (QED) is 0.783. The Kier molecular flexibility index (Phi) is 4.75. The number of pyridine rings is 1. The van der Waals surface area contributed by atoms with Crippen LogP contribution in [-0.2, 0) is 0 Å². The van der Waals surface area contributed by atoms with Gasteiger partial charge in [0.25, 0.3) is 5.91 Å². The first-order chi connectivity index (χ1) is 8.70. The second-order valence-corrected chi connectivity index (χ2v) is 5.68. The zero-order valence-electron chi connectivity index (χ0n) is 10.7. The fourth-order valence-corrected chi connectivity index (χ4v) is 2.70. The number of likely N-dealkylation sites (tertiary alicyclic amines) is 1. The van der Waals surface area contributed by atoms with Gasteiger partial charge in [0.15, 0.2) is 0 Å². The molecule has 0 saturated carbocycles. The summed E-state index contributed by atoms with van der Waals surface area (Å²) in [5, 5.41) is 0. The second-order valence-electron chi connectivity index (χ2n) is 4.87. The van der Waals surface area contributed by atoms with Gasteiger partial charge in [0, 0.05) is 19.3 Å². The van der Waals surface area contributed by atoms with E-state index in [4.69, 9.17) is 0 Å². The van der Waals surface area contributed by atoms with Crippen LogP contribution in [0.2, 0.25) is 0 Å². The van der Waals surface area contributed by atoms with Crippen molar-refractivity contribution < 1.29 is 4.79 Å². The molecule has 1 amide bonds. The van der Waals surface area contributed by atoms with E-state index in [0.29, 0.717) is 5.56 Å². The number of amides is 1. The highest BCUT2D eigenvalue weighted by atomic mass is 79.9. The van der Waals surface area contributed by atoms with Crippen LogP contribution in [-0.4, -0.2) is 28.9 Å². The molecule has 3 nitrogen and oxygen atoms in total. The van der Waals surface area contributed by atoms with E-state index in [1.54, 1.807) is 6.20 Å². The van der Waals surface area contributed by atoms with Gasteiger partial charge in [0.05, 0.1) is 5.56 Å². The number of carbonyl (C=O) groups excluding carboxylic acids is 1. The molecular formula is C14H19BrN2O. The Morgan fingerprint density at radius 3 is 2.94 bits per heavy atom. The monoisotopic (exact) mass is 310 g/mol. The molecule has 2 heterocycles. The van der Waals surface area contributed by atoms with Crippen LogP contribution in [0.4, 0.5) is 0 Å². The maximum atomic E-state index is 12.3. The molecular weight excluding hydrogens is 292 g/mol. The summed E-state index contributed by atoms with van der Waals surface area (Å²) in [5.74, 6) is 0.901. The zero-order valence-corrected chi connectivity index (χ0v) is 12.3. The van der Waals surface area contributed by atoms with E-state index in [2.05, 4.69) is 27.8 Å². The SMILES string of the molecule is CCC1CCCN(C(=O)c2ccc(Br)nc2)CC1. The van der Waals surface area contributed by atoms with Crippen molar-refractivity contribution in [2.24, 2.45) is 5.92 Å². The molecule has 0 aromatic carbocycles. The minimum absolute atomic E-state index is 0.117. The molecule has 0 bridgehead atoms. The summed E-state index contributed by atoms with van der Waals surface area (Å²) in [6.07, 6.45) is 6.37. The summed E-state index contributed by atoms with van der Waals surface area (Å²) in [6, 6.07) is 3.65. The Morgan fingerprint density at radius 1 is 1.44 bits per heavy atom. The first kappa shape index (κ1) is 13.5. The lowest BCUT2D eigenvalue weighted by Crippen LogP contribution is -2.32. The highest BCUT2D eigenvalue weighted by Crippen LogP contribution is 2.21. The largest absolute Gasteiger partial charge is 0.339 e. The van der Waals surface area contributed by atoms with Crippen LogP contribution >= 0.6 is 15.9 Å². The van der Waals surface area contributed by atoms with Crippen LogP contribution in [0.3, 0.4) is 0 Å². The van der Waals surface area contributed by atoms with E-state index in [0.717, 1.165) is 36.5 Å². The van der Waals surface area contributed by atoms with Crippen LogP contribution in [0.5, 0.6) is 0 Å². The van der Waals surface area contributed by atoms with Crippen molar-refractivity contribution in [3.63, 3.8) is 0 Å². The third-order valence-corrected chi connectivity index (χ3v) is 4.16. The predicted molar refractivity (Wildman–Crippen MR) is 75.5 cm³/mol. The minimum Gasteiger partial charge on any atom is -0.339 e. The summed E-state index contributed by atoms with van der Waals surface area (Å²) in [6.45, 7) is 4.00. The van der Waals surface area contributed by atoms with Gasteiger partial charge >= 0.3 is 0 Å². The molecule has 1 aromatic rings. The molecule has 1 atom stereocenters. The number of aromatic nitrogens is 1. The van der Waals surface area contributed by atoms with E-state index in [1.807, 2.05) is 17.0 Å². The van der Waals surface area contributed by atoms with Crippen molar-refractivity contribution in [3.05, 3.63) is 28.5 Å². The fourth-order valence-electron chi connectivity index (χ4n) is 2.46. The Hall–Kier alpha value is -0.900. The molecule has 0 aliphatic carbocycles. The molecule has 4 heteroatoms. The molecule has 1 aromatic heterocycles. The van der Waals surface area contributed by atoms with Crippen molar-refractivity contribution in [2.45, 2.75) is 32.6 Å². The lowest BCUT2D eigenvalue weighted by molar-refractivity contribution is 0.0759. The molecule has 1 fully saturated rings. The van der Waals surface area contributed by atoms with Crippen LogP contribution in [0, 0.1) is 5.92 Å². The number of nitrogens with zero attached hydrogens (tertiary/aromatic N) is 2. The Balaban J connectivity index is 2.02. The summed E-state index contributed by atoms with van der Waals surface area (Å²) >= 11 is 3.28. The smallest absolute Gasteiger partial charge is 0.255 e. The fraction of sp³-hybridized carbons (Fsp3) is 0.571. The first-order valence-corrected chi connectivity index (χ1v) is 7.41. The topological polar surface area (TPSA) is 33.2 Å². The normalized spacial score (nSPS) is 20.6.